The lowest BCUT2D eigenvalue weighted by molar-refractivity contribution is 0.102. The molecule has 2 aromatic carbocycles. The van der Waals surface area contributed by atoms with E-state index in [4.69, 9.17) is 0 Å². The van der Waals surface area contributed by atoms with Crippen LogP contribution in [0.1, 0.15) is 35.4 Å². The zero-order chi connectivity index (χ0) is 21.2. The number of aryl methyl sites for hydroxylation is 1. The van der Waals surface area contributed by atoms with Crippen LogP contribution in [0, 0.1) is 5.82 Å². The second-order valence-corrected chi connectivity index (χ2v) is 7.32. The molecule has 5 rings (SSSR count). The Labute approximate surface area is 176 Å². The van der Waals surface area contributed by atoms with E-state index in [1.54, 1.807) is 36.4 Å². The fourth-order valence-corrected chi connectivity index (χ4v) is 3.79. The number of para-hydroxylation sites is 1. The Hall–Kier alpha value is -3.95. The van der Waals surface area contributed by atoms with Crippen molar-refractivity contribution in [3.63, 3.8) is 0 Å². The molecule has 0 bridgehead atoms. The van der Waals surface area contributed by atoms with Crippen molar-refractivity contribution in [3.8, 4) is 17.1 Å². The van der Waals surface area contributed by atoms with Crippen LogP contribution in [0.15, 0.2) is 48.8 Å². The molecule has 0 saturated heterocycles. The first-order chi connectivity index (χ1) is 15.2. The Balaban J connectivity index is 1.47. The monoisotopic (exact) mass is 418 g/mol. The third-order valence-corrected chi connectivity index (χ3v) is 5.33. The molecule has 0 fully saturated rings. The molecule has 0 aliphatic carbocycles. The summed E-state index contributed by atoms with van der Waals surface area (Å²) in [6, 6.07) is 11.4. The maximum atomic E-state index is 14.6. The first-order valence-corrected chi connectivity index (χ1v) is 10.1. The van der Waals surface area contributed by atoms with E-state index >= 15 is 0 Å². The first kappa shape index (κ1) is 19.0. The summed E-state index contributed by atoms with van der Waals surface area (Å²) in [5.74, 6) is 0.620. The maximum absolute atomic E-state index is 14.6. The van der Waals surface area contributed by atoms with Gasteiger partial charge in [0.05, 0.1) is 16.9 Å². The van der Waals surface area contributed by atoms with Gasteiger partial charge < -0.3 is 9.88 Å². The van der Waals surface area contributed by atoms with E-state index < -0.39 is 11.7 Å². The second-order valence-electron chi connectivity index (χ2n) is 7.32. The van der Waals surface area contributed by atoms with Gasteiger partial charge in [-0.3, -0.25) is 4.79 Å². The van der Waals surface area contributed by atoms with Crippen LogP contribution in [0.25, 0.3) is 17.1 Å². The quantitative estimate of drug-likeness (QED) is 0.546. The molecule has 4 aromatic rings. The summed E-state index contributed by atoms with van der Waals surface area (Å²) in [5.41, 5.74) is 1.58. The molecule has 1 aliphatic rings. The molecule has 3 heterocycles. The van der Waals surface area contributed by atoms with E-state index in [1.165, 1.54) is 17.1 Å². The van der Waals surface area contributed by atoms with E-state index in [2.05, 4.69) is 35.6 Å². The number of tetrazole rings is 1. The first-order valence-electron chi connectivity index (χ1n) is 10.1. The number of fused-ring (bicyclic) bond motifs is 1. The number of nitrogens with one attached hydrogen (secondary N) is 1. The van der Waals surface area contributed by atoms with Gasteiger partial charge >= 0.3 is 0 Å². The number of carbonyl (C=O) groups is 1. The average molecular weight is 418 g/mol. The maximum Gasteiger partial charge on any atom is 0.257 e. The van der Waals surface area contributed by atoms with Crippen molar-refractivity contribution >= 4 is 11.6 Å². The van der Waals surface area contributed by atoms with Crippen molar-refractivity contribution in [2.24, 2.45) is 0 Å². The van der Waals surface area contributed by atoms with Gasteiger partial charge in [0.2, 0.25) is 0 Å². The number of hydrogen-bond donors (Lipinski definition) is 1. The zero-order valence-electron chi connectivity index (χ0n) is 16.6. The molecule has 2 aromatic heterocycles. The number of rotatable bonds is 4. The predicted octanol–water partition coefficient (Wildman–Crippen LogP) is 3.04. The predicted molar refractivity (Wildman–Crippen MR) is 110 cm³/mol. The largest absolute Gasteiger partial charge is 0.319 e. The van der Waals surface area contributed by atoms with Crippen LogP contribution in [0.5, 0.6) is 0 Å². The smallest absolute Gasteiger partial charge is 0.257 e. The summed E-state index contributed by atoms with van der Waals surface area (Å²) in [4.78, 5) is 13.0. The number of anilines is 1. The van der Waals surface area contributed by atoms with Crippen molar-refractivity contribution in [1.29, 1.82) is 0 Å². The molecule has 0 radical (unpaired) electrons. The Morgan fingerprint density at radius 2 is 1.97 bits per heavy atom. The third kappa shape index (κ3) is 3.67. The van der Waals surface area contributed by atoms with Crippen molar-refractivity contribution in [2.75, 3.05) is 5.32 Å². The molecule has 1 N–H and O–H groups in total. The summed E-state index contributed by atoms with van der Waals surface area (Å²) in [6.45, 7) is 0.829. The summed E-state index contributed by atoms with van der Waals surface area (Å²) in [6.07, 6.45) is 5.56. The van der Waals surface area contributed by atoms with Crippen molar-refractivity contribution in [3.05, 3.63) is 66.0 Å². The lowest BCUT2D eigenvalue weighted by Crippen LogP contribution is -2.16. The van der Waals surface area contributed by atoms with Crippen LogP contribution in [-0.4, -0.2) is 40.9 Å². The SMILES string of the molecule is O=C(Nc1cc(-c2nnc3n2CCCCC3)ccc1F)c1ccccc1-n1cnnn1. The molecule has 1 amide bonds. The van der Waals surface area contributed by atoms with Gasteiger partial charge in [-0.1, -0.05) is 18.6 Å². The minimum Gasteiger partial charge on any atom is -0.319 e. The molecular weight excluding hydrogens is 399 g/mol. The Morgan fingerprint density at radius 1 is 1.06 bits per heavy atom. The van der Waals surface area contributed by atoms with Crippen molar-refractivity contribution in [2.45, 2.75) is 32.2 Å². The Bertz CT molecular complexity index is 1230. The number of nitrogens with zero attached hydrogens (tertiary/aromatic N) is 7. The van der Waals surface area contributed by atoms with Crippen molar-refractivity contribution in [1.82, 2.24) is 35.0 Å². The summed E-state index contributed by atoms with van der Waals surface area (Å²) >= 11 is 0. The number of amides is 1. The number of benzene rings is 2. The summed E-state index contributed by atoms with van der Waals surface area (Å²) in [7, 11) is 0. The van der Waals surface area contributed by atoms with Crippen LogP contribution in [0.2, 0.25) is 0 Å². The second kappa shape index (κ2) is 8.05. The molecule has 31 heavy (non-hydrogen) atoms. The van der Waals surface area contributed by atoms with Crippen LogP contribution in [-0.2, 0) is 13.0 Å². The van der Waals surface area contributed by atoms with E-state index in [9.17, 15) is 9.18 Å². The highest BCUT2D eigenvalue weighted by Gasteiger charge is 2.19. The molecule has 0 atom stereocenters. The average Bonchev–Trinajstić information content (AvgIpc) is 3.41. The Morgan fingerprint density at radius 3 is 2.84 bits per heavy atom. The minimum absolute atomic E-state index is 0.0694. The third-order valence-electron chi connectivity index (χ3n) is 5.33. The molecule has 1 aliphatic heterocycles. The van der Waals surface area contributed by atoms with Gasteiger partial charge in [-0.05, 0) is 53.6 Å². The van der Waals surface area contributed by atoms with Gasteiger partial charge in [-0.25, -0.2) is 4.39 Å². The van der Waals surface area contributed by atoms with E-state index in [0.717, 1.165) is 38.1 Å². The minimum atomic E-state index is -0.535. The molecule has 156 valence electrons. The molecule has 0 saturated carbocycles. The van der Waals surface area contributed by atoms with Gasteiger partial charge in [-0.2, -0.15) is 4.68 Å². The van der Waals surface area contributed by atoms with Crippen LogP contribution >= 0.6 is 0 Å². The Kier molecular flexibility index (Phi) is 4.95. The van der Waals surface area contributed by atoms with Gasteiger partial charge in [0.25, 0.3) is 5.91 Å². The molecule has 0 unspecified atom stereocenters. The number of aromatic nitrogens is 7. The van der Waals surface area contributed by atoms with Gasteiger partial charge in [0, 0.05) is 18.5 Å². The lowest BCUT2D eigenvalue weighted by atomic mass is 10.1. The zero-order valence-corrected chi connectivity index (χ0v) is 16.6. The number of hydrogen-bond acceptors (Lipinski definition) is 6. The topological polar surface area (TPSA) is 103 Å². The fraction of sp³-hybridized carbons (Fsp3) is 0.238. The van der Waals surface area contributed by atoms with Gasteiger partial charge in [0.15, 0.2) is 5.82 Å². The van der Waals surface area contributed by atoms with Crippen LogP contribution in [0.3, 0.4) is 0 Å². The summed E-state index contributed by atoms with van der Waals surface area (Å²) in [5, 5.41) is 22.3. The summed E-state index contributed by atoms with van der Waals surface area (Å²) < 4.78 is 18.0. The molecular formula is C21H19FN8O. The molecule has 10 heteroatoms. The lowest BCUT2D eigenvalue weighted by Gasteiger charge is -2.12. The van der Waals surface area contributed by atoms with Crippen LogP contribution in [0.4, 0.5) is 10.1 Å². The highest BCUT2D eigenvalue weighted by molar-refractivity contribution is 6.07. The van der Waals surface area contributed by atoms with E-state index in [1.807, 2.05) is 0 Å². The molecule has 0 spiro atoms. The molecule has 9 nitrogen and oxygen atoms in total. The highest BCUT2D eigenvalue weighted by Crippen LogP contribution is 2.27. The number of halogens is 1. The van der Waals surface area contributed by atoms with Gasteiger partial charge in [0.1, 0.15) is 18.0 Å². The fourth-order valence-electron chi connectivity index (χ4n) is 3.79. The van der Waals surface area contributed by atoms with E-state index in [0.29, 0.717) is 22.6 Å². The highest BCUT2D eigenvalue weighted by atomic mass is 19.1. The normalized spacial score (nSPS) is 13.5. The van der Waals surface area contributed by atoms with E-state index in [-0.39, 0.29) is 5.69 Å². The van der Waals surface area contributed by atoms with Crippen LogP contribution < -0.4 is 5.32 Å². The van der Waals surface area contributed by atoms with Gasteiger partial charge in [-0.15, -0.1) is 15.3 Å². The standard InChI is InChI=1S/C21H19FN8O/c22-16-10-9-14(20-26-25-19-8-2-1-5-11-29(19)20)12-17(16)24-21(31)15-6-3-4-7-18(15)30-13-23-27-28-30/h3-4,6-7,9-10,12-13H,1-2,5,8,11H2,(H,24,31). The van der Waals surface area contributed by atoms with Crippen molar-refractivity contribution < 1.29 is 9.18 Å². The number of carbonyl (C=O) groups excluding carboxylic acids is 1.